The van der Waals surface area contributed by atoms with Crippen LogP contribution in [0, 0.1) is 6.92 Å². The van der Waals surface area contributed by atoms with Gasteiger partial charge in [-0.3, -0.25) is 0 Å². The lowest BCUT2D eigenvalue weighted by Crippen LogP contribution is -2.03. The molecule has 0 amide bonds. The predicted molar refractivity (Wildman–Crippen MR) is 124 cm³/mol. The van der Waals surface area contributed by atoms with Gasteiger partial charge >= 0.3 is 11.9 Å². The monoisotopic (exact) mass is 426 g/mol. The first-order valence-electron chi connectivity index (χ1n) is 9.80. The quantitative estimate of drug-likeness (QED) is 0.191. The Bertz CT molecular complexity index is 1160. The highest BCUT2D eigenvalue weighted by atomic mass is 16.5. The van der Waals surface area contributed by atoms with E-state index < -0.39 is 11.9 Å². The van der Waals surface area contributed by atoms with Gasteiger partial charge in [-0.25, -0.2) is 9.59 Å². The molecule has 0 spiro atoms. The summed E-state index contributed by atoms with van der Waals surface area (Å²) in [6, 6.07) is 21.3. The van der Waals surface area contributed by atoms with Gasteiger partial charge < -0.3 is 14.2 Å². The highest BCUT2D eigenvalue weighted by Gasteiger charge is 2.07. The van der Waals surface area contributed by atoms with Crippen molar-refractivity contribution < 1.29 is 23.8 Å². The highest BCUT2D eigenvalue weighted by Crippen LogP contribution is 2.30. The summed E-state index contributed by atoms with van der Waals surface area (Å²) in [4.78, 5) is 22.3. The van der Waals surface area contributed by atoms with E-state index in [1.807, 2.05) is 67.6 Å². The first kappa shape index (κ1) is 22.3. The molecule has 3 aromatic carbocycles. The third-order valence-corrected chi connectivity index (χ3v) is 4.58. The van der Waals surface area contributed by atoms with Crippen molar-refractivity contribution in [1.82, 2.24) is 0 Å². The fourth-order valence-electron chi connectivity index (χ4n) is 3.00. The Hall–Kier alpha value is -4.38. The fourth-order valence-corrected chi connectivity index (χ4v) is 3.00. The average molecular weight is 426 g/mol. The van der Waals surface area contributed by atoms with E-state index in [0.29, 0.717) is 11.5 Å². The molecule has 160 valence electrons. The van der Waals surface area contributed by atoms with Crippen molar-refractivity contribution >= 4 is 11.9 Å². The van der Waals surface area contributed by atoms with Crippen molar-refractivity contribution in [2.45, 2.75) is 6.92 Å². The van der Waals surface area contributed by atoms with Crippen LogP contribution in [0.3, 0.4) is 0 Å². The van der Waals surface area contributed by atoms with Crippen molar-refractivity contribution in [3.8, 4) is 33.8 Å². The Balaban J connectivity index is 1.68. The average Bonchev–Trinajstić information content (AvgIpc) is 2.82. The van der Waals surface area contributed by atoms with Gasteiger partial charge in [0.15, 0.2) is 0 Å². The number of aryl methyl sites for hydroxylation is 1. The Morgan fingerprint density at radius 3 is 1.88 bits per heavy atom. The summed E-state index contributed by atoms with van der Waals surface area (Å²) in [5, 5.41) is 0. The number of ether oxygens (including phenoxy) is 3. The molecule has 0 aliphatic rings. The van der Waals surface area contributed by atoms with Gasteiger partial charge in [0.1, 0.15) is 24.0 Å². The van der Waals surface area contributed by atoms with Crippen LogP contribution in [0.1, 0.15) is 5.56 Å². The fraction of sp³-hybridized carbons (Fsp3) is 0.0370. The van der Waals surface area contributed by atoms with Crippen molar-refractivity contribution in [2.75, 3.05) is 0 Å². The number of hydrogen-bond donors (Lipinski definition) is 0. The van der Waals surface area contributed by atoms with Gasteiger partial charge in [-0.1, -0.05) is 55.6 Å². The summed E-state index contributed by atoms with van der Waals surface area (Å²) < 4.78 is 15.3. The van der Waals surface area contributed by atoms with Gasteiger partial charge in [-0.05, 0) is 59.0 Å². The maximum Gasteiger partial charge on any atom is 0.335 e. The third kappa shape index (κ3) is 5.83. The van der Waals surface area contributed by atoms with Gasteiger partial charge in [-0.2, -0.15) is 0 Å². The summed E-state index contributed by atoms with van der Waals surface area (Å²) in [6.07, 6.45) is 4.66. The summed E-state index contributed by atoms with van der Waals surface area (Å²) in [5.74, 6) is 0.0731. The number of esters is 2. The first-order valence-corrected chi connectivity index (χ1v) is 9.80. The molecule has 0 radical (unpaired) electrons. The Morgan fingerprint density at radius 1 is 0.719 bits per heavy atom. The van der Waals surface area contributed by atoms with Crippen molar-refractivity contribution in [2.24, 2.45) is 0 Å². The molecule has 32 heavy (non-hydrogen) atoms. The van der Waals surface area contributed by atoms with Gasteiger partial charge in [0.05, 0.1) is 0 Å². The molecule has 0 aromatic heterocycles. The topological polar surface area (TPSA) is 61.8 Å². The van der Waals surface area contributed by atoms with Gasteiger partial charge in [0.2, 0.25) is 0 Å². The molecule has 0 atom stereocenters. The predicted octanol–water partition coefficient (Wildman–Crippen LogP) is 6.00. The van der Waals surface area contributed by atoms with Crippen LogP contribution in [0.5, 0.6) is 11.5 Å². The number of carbonyl (C=O) groups is 2. The molecular weight excluding hydrogens is 404 g/mol. The van der Waals surface area contributed by atoms with Crippen molar-refractivity contribution in [1.29, 1.82) is 0 Å². The van der Waals surface area contributed by atoms with E-state index in [1.54, 1.807) is 6.07 Å². The molecule has 0 aliphatic heterocycles. The van der Waals surface area contributed by atoms with Crippen LogP contribution in [-0.2, 0) is 14.3 Å². The molecule has 0 saturated heterocycles. The van der Waals surface area contributed by atoms with Gasteiger partial charge in [-0.15, -0.1) is 0 Å². The Labute approximate surface area is 186 Å². The SMILES string of the molecule is C=CC(=O)O/C=C\Oc1ccc(-c2ccc(-c3ccc(OC(=O)C=C)cc3C)cc2)cc1. The van der Waals surface area contributed by atoms with E-state index in [0.717, 1.165) is 46.2 Å². The van der Waals surface area contributed by atoms with Crippen LogP contribution in [0.2, 0.25) is 0 Å². The minimum absolute atomic E-state index is 0.481. The highest BCUT2D eigenvalue weighted by molar-refractivity contribution is 5.83. The lowest BCUT2D eigenvalue weighted by molar-refractivity contribution is -0.132. The molecule has 0 saturated carbocycles. The standard InChI is InChI=1S/C27H22O5/c1-4-26(28)31-17-16-30-23-12-10-21(11-13-23)20-6-8-22(9-7-20)25-15-14-24(18-19(25)3)32-27(29)5-2/h4-18H,1-2H2,3H3/b17-16-. The molecule has 0 unspecified atom stereocenters. The van der Waals surface area contributed by atoms with E-state index >= 15 is 0 Å². The smallest absolute Gasteiger partial charge is 0.335 e. The molecule has 0 fully saturated rings. The number of rotatable bonds is 8. The Kier molecular flexibility index (Phi) is 7.38. The van der Waals surface area contributed by atoms with E-state index in [-0.39, 0.29) is 0 Å². The second kappa shape index (κ2) is 10.6. The molecule has 0 heterocycles. The van der Waals surface area contributed by atoms with Gasteiger partial charge in [0.25, 0.3) is 0 Å². The normalized spacial score (nSPS) is 10.4. The van der Waals surface area contributed by atoms with Crippen molar-refractivity contribution in [3.63, 3.8) is 0 Å². The van der Waals surface area contributed by atoms with Crippen LogP contribution in [0.4, 0.5) is 0 Å². The first-order chi connectivity index (χ1) is 15.5. The van der Waals surface area contributed by atoms with Crippen LogP contribution < -0.4 is 9.47 Å². The number of benzene rings is 3. The zero-order chi connectivity index (χ0) is 22.9. The molecular formula is C27H22O5. The maximum atomic E-state index is 11.4. The van der Waals surface area contributed by atoms with E-state index in [4.69, 9.17) is 14.2 Å². The molecule has 0 bridgehead atoms. The summed E-state index contributed by atoms with van der Waals surface area (Å²) in [7, 11) is 0. The molecule has 3 aromatic rings. The molecule has 0 N–H and O–H groups in total. The van der Waals surface area contributed by atoms with Gasteiger partial charge in [0, 0.05) is 12.2 Å². The van der Waals surface area contributed by atoms with Crippen molar-refractivity contribution in [3.05, 3.63) is 110 Å². The largest absolute Gasteiger partial charge is 0.462 e. The minimum Gasteiger partial charge on any atom is -0.462 e. The third-order valence-electron chi connectivity index (χ3n) is 4.58. The minimum atomic E-state index is -0.550. The second-order valence-corrected chi connectivity index (χ2v) is 6.73. The van der Waals surface area contributed by atoms with Crippen LogP contribution in [0.15, 0.2) is 105 Å². The van der Waals surface area contributed by atoms with E-state index in [9.17, 15) is 9.59 Å². The van der Waals surface area contributed by atoms with E-state index in [2.05, 4.69) is 13.2 Å². The van der Waals surface area contributed by atoms with Crippen LogP contribution in [0.25, 0.3) is 22.3 Å². The summed E-state index contributed by atoms with van der Waals surface area (Å²) in [5.41, 5.74) is 5.22. The molecule has 5 heteroatoms. The number of hydrogen-bond acceptors (Lipinski definition) is 5. The zero-order valence-electron chi connectivity index (χ0n) is 17.6. The summed E-state index contributed by atoms with van der Waals surface area (Å²) >= 11 is 0. The zero-order valence-corrected chi connectivity index (χ0v) is 17.6. The number of carbonyl (C=O) groups excluding carboxylic acids is 2. The maximum absolute atomic E-state index is 11.4. The molecule has 3 rings (SSSR count). The van der Waals surface area contributed by atoms with Crippen LogP contribution >= 0.6 is 0 Å². The van der Waals surface area contributed by atoms with Crippen LogP contribution in [-0.4, -0.2) is 11.9 Å². The second-order valence-electron chi connectivity index (χ2n) is 6.73. The lowest BCUT2D eigenvalue weighted by Gasteiger charge is -2.10. The Morgan fingerprint density at radius 2 is 1.28 bits per heavy atom. The lowest BCUT2D eigenvalue weighted by atomic mass is 9.97. The molecule has 5 nitrogen and oxygen atoms in total. The molecule has 0 aliphatic carbocycles. The van der Waals surface area contributed by atoms with E-state index in [1.165, 1.54) is 6.26 Å². The summed E-state index contributed by atoms with van der Waals surface area (Å²) in [6.45, 7) is 8.69.